The van der Waals surface area contributed by atoms with Crippen LogP contribution >= 0.6 is 0 Å². The molecule has 4 heteroatoms. The van der Waals surface area contributed by atoms with Gasteiger partial charge >= 0.3 is 0 Å². The monoisotopic (exact) mass is 316 g/mol. The Morgan fingerprint density at radius 1 is 1.43 bits per heavy atom. The molecule has 1 fully saturated rings. The van der Waals surface area contributed by atoms with Crippen molar-refractivity contribution in [2.45, 2.75) is 58.2 Å². The minimum atomic E-state index is -0.163. The summed E-state index contributed by atoms with van der Waals surface area (Å²) in [5.74, 6) is 0.0935. The summed E-state index contributed by atoms with van der Waals surface area (Å²) in [4.78, 5) is 14.9. The maximum Gasteiger partial charge on any atom is 0.237 e. The molecular weight excluding hydrogens is 288 g/mol. The molecule has 2 N–H and O–H groups in total. The van der Waals surface area contributed by atoms with Crippen molar-refractivity contribution in [1.29, 1.82) is 0 Å². The Bertz CT molecular complexity index is 574. The van der Waals surface area contributed by atoms with Gasteiger partial charge in [0.05, 0.1) is 12.6 Å². The summed E-state index contributed by atoms with van der Waals surface area (Å²) in [6.45, 7) is 5.98. The first kappa shape index (κ1) is 16.5. The van der Waals surface area contributed by atoms with Crippen LogP contribution in [0.4, 0.5) is 0 Å². The average molecular weight is 316 g/mol. The first-order chi connectivity index (χ1) is 11.0. The van der Waals surface area contributed by atoms with Crippen LogP contribution in [0.1, 0.15) is 44.2 Å². The van der Waals surface area contributed by atoms with Gasteiger partial charge in [0.2, 0.25) is 5.91 Å². The van der Waals surface area contributed by atoms with Gasteiger partial charge in [0.25, 0.3) is 0 Å². The van der Waals surface area contributed by atoms with Crippen LogP contribution in [0.25, 0.3) is 0 Å². The number of benzene rings is 1. The van der Waals surface area contributed by atoms with Gasteiger partial charge in [0, 0.05) is 24.5 Å². The molecule has 4 nitrogen and oxygen atoms in total. The second-order valence-electron chi connectivity index (χ2n) is 7.43. The van der Waals surface area contributed by atoms with Crippen molar-refractivity contribution >= 4 is 5.91 Å². The summed E-state index contributed by atoms with van der Waals surface area (Å²) in [7, 11) is 0. The first-order valence-corrected chi connectivity index (χ1v) is 8.75. The summed E-state index contributed by atoms with van der Waals surface area (Å²) in [6.07, 6.45) is 4.04. The standard InChI is InChI=1S/C19H28N2O2/c1-14(18(23)20-17-8-5-10-19(17,2)13-22)21-11-9-15-6-3-4-7-16(15)12-21/h3-4,6-7,14,17,22H,5,8-13H2,1-2H3,(H,20,23). The highest BCUT2D eigenvalue weighted by molar-refractivity contribution is 5.81. The highest BCUT2D eigenvalue weighted by Crippen LogP contribution is 2.37. The van der Waals surface area contributed by atoms with Gasteiger partial charge in [-0.25, -0.2) is 0 Å². The third kappa shape index (κ3) is 3.29. The Balaban J connectivity index is 1.62. The molecule has 0 radical (unpaired) electrons. The van der Waals surface area contributed by atoms with E-state index < -0.39 is 0 Å². The van der Waals surface area contributed by atoms with Crippen LogP contribution in [0.15, 0.2) is 24.3 Å². The number of carbonyl (C=O) groups excluding carboxylic acids is 1. The molecule has 3 rings (SSSR count). The number of hydrogen-bond acceptors (Lipinski definition) is 3. The van der Waals surface area contributed by atoms with Crippen molar-refractivity contribution in [1.82, 2.24) is 10.2 Å². The lowest BCUT2D eigenvalue weighted by Crippen LogP contribution is -2.52. The van der Waals surface area contributed by atoms with Gasteiger partial charge in [0.1, 0.15) is 0 Å². The molecule has 0 saturated heterocycles. The normalized spacial score (nSPS) is 29.1. The van der Waals surface area contributed by atoms with E-state index in [2.05, 4.69) is 41.4 Å². The number of fused-ring (bicyclic) bond motifs is 1. The van der Waals surface area contributed by atoms with Gasteiger partial charge < -0.3 is 10.4 Å². The third-order valence-electron chi connectivity index (χ3n) is 5.85. The summed E-state index contributed by atoms with van der Waals surface area (Å²) in [5.41, 5.74) is 2.57. The van der Waals surface area contributed by atoms with Crippen LogP contribution in [-0.4, -0.2) is 41.1 Å². The van der Waals surface area contributed by atoms with Crippen LogP contribution < -0.4 is 5.32 Å². The van der Waals surface area contributed by atoms with Gasteiger partial charge in [0.15, 0.2) is 0 Å². The molecule has 3 atom stereocenters. The van der Waals surface area contributed by atoms with Crippen molar-refractivity contribution in [3.05, 3.63) is 35.4 Å². The van der Waals surface area contributed by atoms with Gasteiger partial charge in [-0.2, -0.15) is 0 Å². The largest absolute Gasteiger partial charge is 0.396 e. The Hall–Kier alpha value is -1.39. The fraction of sp³-hybridized carbons (Fsp3) is 0.632. The highest BCUT2D eigenvalue weighted by atomic mass is 16.3. The van der Waals surface area contributed by atoms with E-state index in [1.165, 1.54) is 11.1 Å². The minimum absolute atomic E-state index is 0.0935. The van der Waals surface area contributed by atoms with Crippen LogP contribution in [0.3, 0.4) is 0 Å². The molecule has 3 unspecified atom stereocenters. The predicted octanol–water partition coefficient (Wildman–Crippen LogP) is 2.10. The summed E-state index contributed by atoms with van der Waals surface area (Å²) in [6, 6.07) is 8.46. The maximum atomic E-state index is 12.7. The Morgan fingerprint density at radius 2 is 2.17 bits per heavy atom. The third-order valence-corrected chi connectivity index (χ3v) is 5.85. The van der Waals surface area contributed by atoms with Crippen LogP contribution in [-0.2, 0) is 17.8 Å². The second-order valence-corrected chi connectivity index (χ2v) is 7.43. The molecule has 1 amide bonds. The lowest BCUT2D eigenvalue weighted by Gasteiger charge is -2.35. The zero-order valence-electron chi connectivity index (χ0n) is 14.2. The van der Waals surface area contributed by atoms with E-state index in [1.807, 2.05) is 6.92 Å². The average Bonchev–Trinajstić information content (AvgIpc) is 2.95. The smallest absolute Gasteiger partial charge is 0.237 e. The number of nitrogens with zero attached hydrogens (tertiary/aromatic N) is 1. The Labute approximate surface area is 138 Å². The van der Waals surface area contributed by atoms with Crippen molar-refractivity contribution in [3.8, 4) is 0 Å². The predicted molar refractivity (Wildman–Crippen MR) is 91.0 cm³/mol. The number of aliphatic hydroxyl groups is 1. The molecule has 2 aliphatic rings. The molecule has 0 aromatic heterocycles. The van der Waals surface area contributed by atoms with Crippen molar-refractivity contribution in [3.63, 3.8) is 0 Å². The number of nitrogens with one attached hydrogen (secondary N) is 1. The van der Waals surface area contributed by atoms with E-state index in [1.54, 1.807) is 0 Å². The fourth-order valence-corrected chi connectivity index (χ4v) is 3.97. The van der Waals surface area contributed by atoms with Crippen LogP contribution in [0, 0.1) is 5.41 Å². The van der Waals surface area contributed by atoms with E-state index in [0.29, 0.717) is 0 Å². The van der Waals surface area contributed by atoms with Gasteiger partial charge in [-0.3, -0.25) is 9.69 Å². The number of rotatable bonds is 4. The van der Waals surface area contributed by atoms with Crippen molar-refractivity contribution < 1.29 is 9.90 Å². The highest BCUT2D eigenvalue weighted by Gasteiger charge is 2.40. The van der Waals surface area contributed by atoms with Crippen molar-refractivity contribution in [2.75, 3.05) is 13.2 Å². The molecular formula is C19H28N2O2. The van der Waals surface area contributed by atoms with Crippen molar-refractivity contribution in [2.24, 2.45) is 5.41 Å². The van der Waals surface area contributed by atoms with Crippen LogP contribution in [0.5, 0.6) is 0 Å². The van der Waals surface area contributed by atoms with E-state index in [9.17, 15) is 9.90 Å². The summed E-state index contributed by atoms with van der Waals surface area (Å²) >= 11 is 0. The number of amides is 1. The quantitative estimate of drug-likeness (QED) is 0.894. The van der Waals surface area contributed by atoms with Gasteiger partial charge in [-0.05, 0) is 37.3 Å². The molecule has 0 bridgehead atoms. The zero-order chi connectivity index (χ0) is 16.4. The summed E-state index contributed by atoms with van der Waals surface area (Å²) in [5, 5.41) is 12.8. The number of aliphatic hydroxyl groups excluding tert-OH is 1. The minimum Gasteiger partial charge on any atom is -0.396 e. The zero-order valence-corrected chi connectivity index (χ0v) is 14.2. The molecule has 1 aliphatic heterocycles. The van der Waals surface area contributed by atoms with E-state index in [4.69, 9.17) is 0 Å². The summed E-state index contributed by atoms with van der Waals surface area (Å²) < 4.78 is 0. The maximum absolute atomic E-state index is 12.7. The fourth-order valence-electron chi connectivity index (χ4n) is 3.97. The number of carbonyl (C=O) groups is 1. The Kier molecular flexibility index (Phi) is 4.74. The molecule has 1 aromatic rings. The molecule has 0 spiro atoms. The molecule has 1 aromatic carbocycles. The molecule has 1 aliphatic carbocycles. The van der Waals surface area contributed by atoms with E-state index in [-0.39, 0.29) is 30.0 Å². The lowest BCUT2D eigenvalue weighted by molar-refractivity contribution is -0.127. The van der Waals surface area contributed by atoms with Gasteiger partial charge in [-0.1, -0.05) is 37.6 Å². The Morgan fingerprint density at radius 3 is 2.91 bits per heavy atom. The molecule has 126 valence electrons. The van der Waals surface area contributed by atoms with E-state index in [0.717, 1.165) is 38.8 Å². The molecule has 23 heavy (non-hydrogen) atoms. The van der Waals surface area contributed by atoms with E-state index >= 15 is 0 Å². The second kappa shape index (κ2) is 6.62. The number of hydrogen-bond donors (Lipinski definition) is 2. The van der Waals surface area contributed by atoms with Crippen LogP contribution in [0.2, 0.25) is 0 Å². The SMILES string of the molecule is CC(C(=O)NC1CCCC1(C)CO)N1CCc2ccccc2C1. The van der Waals surface area contributed by atoms with Gasteiger partial charge in [-0.15, -0.1) is 0 Å². The topological polar surface area (TPSA) is 52.6 Å². The lowest BCUT2D eigenvalue weighted by atomic mass is 9.85. The first-order valence-electron chi connectivity index (χ1n) is 8.75. The molecule has 1 heterocycles. The molecule has 1 saturated carbocycles.